The summed E-state index contributed by atoms with van der Waals surface area (Å²) in [7, 11) is 0. The van der Waals surface area contributed by atoms with Gasteiger partial charge in [0.15, 0.2) is 4.77 Å². The minimum absolute atomic E-state index is 0.175. The van der Waals surface area contributed by atoms with E-state index in [2.05, 4.69) is 26.2 Å². The van der Waals surface area contributed by atoms with Crippen LogP contribution < -0.4 is 5.32 Å². The first kappa shape index (κ1) is 12.9. The molecule has 1 saturated carbocycles. The zero-order valence-electron chi connectivity index (χ0n) is 10.3. The number of rotatable bonds is 4. The van der Waals surface area contributed by atoms with Gasteiger partial charge < -0.3 is 14.9 Å². The highest BCUT2D eigenvalue weighted by molar-refractivity contribution is 9.10. The quantitative estimate of drug-likeness (QED) is 0.841. The summed E-state index contributed by atoms with van der Waals surface area (Å²) in [5.74, 6) is 0.431. The van der Waals surface area contributed by atoms with Crippen molar-refractivity contribution in [3.05, 3.63) is 27.4 Å². The van der Waals surface area contributed by atoms with Crippen molar-refractivity contribution < 1.29 is 4.79 Å². The van der Waals surface area contributed by atoms with E-state index in [0.717, 1.165) is 28.3 Å². The number of nitrogens with one attached hydrogen (secondary N) is 2. The van der Waals surface area contributed by atoms with Gasteiger partial charge in [0.1, 0.15) is 0 Å². The maximum absolute atomic E-state index is 11.6. The second-order valence-corrected chi connectivity index (χ2v) is 6.11. The molecule has 100 valence electrons. The molecule has 6 heteroatoms. The molecule has 0 atom stereocenters. The van der Waals surface area contributed by atoms with E-state index in [1.54, 1.807) is 0 Å². The average molecular weight is 340 g/mol. The number of benzene rings is 1. The van der Waals surface area contributed by atoms with Crippen LogP contribution in [0.5, 0.6) is 0 Å². The maximum atomic E-state index is 11.6. The molecule has 1 fully saturated rings. The number of amides is 1. The molecule has 19 heavy (non-hydrogen) atoms. The summed E-state index contributed by atoms with van der Waals surface area (Å²) in [5, 5.41) is 2.96. The highest BCUT2D eigenvalue weighted by Gasteiger charge is 2.29. The standard InChI is InChI=1S/C13H14BrN3OS/c14-9-3-4-11-10(7-9)16-13(19)17(11)6-5-15-12(18)8-1-2-8/h3-4,7-8H,1-2,5-6H2,(H,15,18)(H,16,19). The highest BCUT2D eigenvalue weighted by Crippen LogP contribution is 2.28. The summed E-state index contributed by atoms with van der Waals surface area (Å²) >= 11 is 8.76. The van der Waals surface area contributed by atoms with Crippen LogP contribution in [0.1, 0.15) is 12.8 Å². The molecule has 4 nitrogen and oxygen atoms in total. The van der Waals surface area contributed by atoms with Crippen LogP contribution in [0.3, 0.4) is 0 Å². The molecule has 1 heterocycles. The number of aromatic amines is 1. The van der Waals surface area contributed by atoms with E-state index in [-0.39, 0.29) is 11.8 Å². The van der Waals surface area contributed by atoms with E-state index < -0.39 is 0 Å². The van der Waals surface area contributed by atoms with E-state index >= 15 is 0 Å². The van der Waals surface area contributed by atoms with Crippen LogP contribution in [-0.2, 0) is 11.3 Å². The number of imidazole rings is 1. The van der Waals surface area contributed by atoms with Crippen molar-refractivity contribution in [1.29, 1.82) is 0 Å². The van der Waals surface area contributed by atoms with Crippen molar-refractivity contribution in [3.8, 4) is 0 Å². The molecule has 0 saturated heterocycles. The smallest absolute Gasteiger partial charge is 0.223 e. The SMILES string of the molecule is O=C(NCCn1c(=S)[nH]c2cc(Br)ccc21)C1CC1. The van der Waals surface area contributed by atoms with Crippen molar-refractivity contribution in [2.24, 2.45) is 5.92 Å². The fourth-order valence-corrected chi connectivity index (χ4v) is 2.80. The van der Waals surface area contributed by atoms with E-state index in [4.69, 9.17) is 12.2 Å². The summed E-state index contributed by atoms with van der Waals surface area (Å²) in [6, 6.07) is 6.02. The lowest BCUT2D eigenvalue weighted by Gasteiger charge is -2.06. The van der Waals surface area contributed by atoms with Crippen molar-refractivity contribution in [1.82, 2.24) is 14.9 Å². The monoisotopic (exact) mass is 339 g/mol. The fraction of sp³-hybridized carbons (Fsp3) is 0.385. The van der Waals surface area contributed by atoms with Crippen molar-refractivity contribution in [3.63, 3.8) is 0 Å². The van der Waals surface area contributed by atoms with Gasteiger partial charge in [-0.15, -0.1) is 0 Å². The Hall–Kier alpha value is -1.14. The van der Waals surface area contributed by atoms with Crippen LogP contribution in [0.15, 0.2) is 22.7 Å². The van der Waals surface area contributed by atoms with Crippen LogP contribution in [0.4, 0.5) is 0 Å². The van der Waals surface area contributed by atoms with Crippen LogP contribution in [0.2, 0.25) is 0 Å². The highest BCUT2D eigenvalue weighted by atomic mass is 79.9. The fourth-order valence-electron chi connectivity index (χ4n) is 2.14. The van der Waals surface area contributed by atoms with Crippen LogP contribution in [-0.4, -0.2) is 22.0 Å². The molecule has 0 spiro atoms. The number of hydrogen-bond acceptors (Lipinski definition) is 2. The van der Waals surface area contributed by atoms with Gasteiger partial charge >= 0.3 is 0 Å². The minimum Gasteiger partial charge on any atom is -0.354 e. The number of nitrogens with zero attached hydrogens (tertiary/aromatic N) is 1. The molecule has 1 aromatic heterocycles. The molecular formula is C13H14BrN3OS. The van der Waals surface area contributed by atoms with Gasteiger partial charge in [0, 0.05) is 23.5 Å². The second kappa shape index (κ2) is 5.09. The van der Waals surface area contributed by atoms with Crippen molar-refractivity contribution in [2.45, 2.75) is 19.4 Å². The number of H-pyrrole nitrogens is 1. The lowest BCUT2D eigenvalue weighted by Crippen LogP contribution is -2.28. The predicted octanol–water partition coefficient (Wildman–Crippen LogP) is 2.99. The summed E-state index contributed by atoms with van der Waals surface area (Å²) in [6.07, 6.45) is 2.07. The van der Waals surface area contributed by atoms with Crippen molar-refractivity contribution >= 4 is 45.1 Å². The Morgan fingerprint density at radius 3 is 3.05 bits per heavy atom. The largest absolute Gasteiger partial charge is 0.354 e. The summed E-state index contributed by atoms with van der Waals surface area (Å²) < 4.78 is 3.73. The third kappa shape index (κ3) is 2.74. The maximum Gasteiger partial charge on any atom is 0.223 e. The Balaban J connectivity index is 1.74. The number of fused-ring (bicyclic) bond motifs is 1. The van der Waals surface area contributed by atoms with Gasteiger partial charge in [-0.1, -0.05) is 15.9 Å². The Kier molecular flexibility index (Phi) is 3.45. The van der Waals surface area contributed by atoms with Crippen LogP contribution in [0.25, 0.3) is 11.0 Å². The summed E-state index contributed by atoms with van der Waals surface area (Å²) in [4.78, 5) is 14.7. The zero-order chi connectivity index (χ0) is 13.4. The molecule has 1 aliphatic carbocycles. The van der Waals surface area contributed by atoms with Gasteiger partial charge in [0.05, 0.1) is 11.0 Å². The molecule has 0 bridgehead atoms. The normalized spacial score (nSPS) is 14.8. The summed E-state index contributed by atoms with van der Waals surface area (Å²) in [6.45, 7) is 1.31. The second-order valence-electron chi connectivity index (χ2n) is 4.81. The van der Waals surface area contributed by atoms with E-state index in [1.165, 1.54) is 0 Å². The molecule has 3 rings (SSSR count). The third-order valence-corrected chi connectivity index (χ3v) is 4.13. The van der Waals surface area contributed by atoms with E-state index in [1.807, 2.05) is 22.8 Å². The van der Waals surface area contributed by atoms with Gasteiger partial charge in [-0.3, -0.25) is 4.79 Å². The molecule has 0 aliphatic heterocycles. The van der Waals surface area contributed by atoms with Gasteiger partial charge in [0.25, 0.3) is 0 Å². The molecule has 2 aromatic rings. The number of carbonyl (C=O) groups is 1. The lowest BCUT2D eigenvalue weighted by molar-refractivity contribution is -0.122. The summed E-state index contributed by atoms with van der Waals surface area (Å²) in [5.41, 5.74) is 2.07. The molecule has 1 aliphatic rings. The molecule has 2 N–H and O–H groups in total. The molecular weight excluding hydrogens is 326 g/mol. The van der Waals surface area contributed by atoms with Gasteiger partial charge in [-0.2, -0.15) is 0 Å². The molecule has 0 radical (unpaired) electrons. The molecule has 0 unspecified atom stereocenters. The zero-order valence-corrected chi connectivity index (χ0v) is 12.7. The number of aromatic nitrogens is 2. The topological polar surface area (TPSA) is 49.8 Å². The first-order valence-electron chi connectivity index (χ1n) is 6.31. The number of hydrogen-bond donors (Lipinski definition) is 2. The Morgan fingerprint density at radius 2 is 2.32 bits per heavy atom. The van der Waals surface area contributed by atoms with Crippen LogP contribution in [0, 0.1) is 10.7 Å². The van der Waals surface area contributed by atoms with Crippen LogP contribution >= 0.6 is 28.1 Å². The Morgan fingerprint density at radius 1 is 1.53 bits per heavy atom. The van der Waals surface area contributed by atoms with Gasteiger partial charge in [0.2, 0.25) is 5.91 Å². The van der Waals surface area contributed by atoms with Gasteiger partial charge in [-0.05, 0) is 43.3 Å². The predicted molar refractivity (Wildman–Crippen MR) is 80.6 cm³/mol. The Bertz CT molecular complexity index is 687. The first-order valence-corrected chi connectivity index (χ1v) is 7.51. The molecule has 1 amide bonds. The first-order chi connectivity index (χ1) is 9.15. The number of carbonyl (C=O) groups excluding carboxylic acids is 1. The van der Waals surface area contributed by atoms with Crippen molar-refractivity contribution in [2.75, 3.05) is 6.54 Å². The third-order valence-electron chi connectivity index (χ3n) is 3.32. The lowest BCUT2D eigenvalue weighted by atomic mass is 10.3. The van der Waals surface area contributed by atoms with E-state index in [9.17, 15) is 4.79 Å². The molecule has 1 aromatic carbocycles. The van der Waals surface area contributed by atoms with E-state index in [0.29, 0.717) is 17.9 Å². The Labute approximate surface area is 124 Å². The minimum atomic E-state index is 0.175. The number of halogens is 1. The van der Waals surface area contributed by atoms with Gasteiger partial charge in [-0.25, -0.2) is 0 Å². The average Bonchev–Trinajstić information content (AvgIpc) is 3.16.